The number of halogens is 1. The Morgan fingerprint density at radius 1 is 1.59 bits per heavy atom. The van der Waals surface area contributed by atoms with E-state index >= 15 is 0 Å². The highest BCUT2D eigenvalue weighted by Crippen LogP contribution is 2.33. The van der Waals surface area contributed by atoms with Gasteiger partial charge < -0.3 is 8.98 Å². The lowest BCUT2D eigenvalue weighted by Gasteiger charge is -2.22. The molecule has 0 spiro atoms. The normalized spacial score (nSPS) is 19.3. The summed E-state index contributed by atoms with van der Waals surface area (Å²) < 4.78 is 7.63. The van der Waals surface area contributed by atoms with Crippen LogP contribution in [0, 0.1) is 0 Å². The van der Waals surface area contributed by atoms with Crippen LogP contribution in [-0.2, 0) is 13.0 Å². The highest BCUT2D eigenvalue weighted by molar-refractivity contribution is 6.30. The van der Waals surface area contributed by atoms with Crippen LogP contribution >= 0.6 is 11.6 Å². The van der Waals surface area contributed by atoms with Crippen molar-refractivity contribution in [3.63, 3.8) is 0 Å². The van der Waals surface area contributed by atoms with Gasteiger partial charge in [-0.05, 0) is 30.9 Å². The fraction of sp³-hybridized carbons (Fsp3) is 0.462. The third-order valence-electron chi connectivity index (χ3n) is 3.44. The van der Waals surface area contributed by atoms with Gasteiger partial charge in [-0.25, -0.2) is 4.98 Å². The number of fused-ring (bicyclic) bond motifs is 1. The molecule has 3 nitrogen and oxygen atoms in total. The van der Waals surface area contributed by atoms with Gasteiger partial charge in [-0.1, -0.05) is 18.5 Å². The summed E-state index contributed by atoms with van der Waals surface area (Å²) >= 11 is 6.24. The molecule has 0 saturated heterocycles. The molecule has 0 amide bonds. The SMILES string of the molecule is CC1CCCn2c(Cc3ccco3)nc(Cl)c21. The van der Waals surface area contributed by atoms with Gasteiger partial charge in [0.2, 0.25) is 0 Å². The van der Waals surface area contributed by atoms with Crippen molar-refractivity contribution in [2.24, 2.45) is 0 Å². The molecule has 1 aliphatic rings. The van der Waals surface area contributed by atoms with Crippen molar-refractivity contribution in [3.8, 4) is 0 Å². The van der Waals surface area contributed by atoms with Gasteiger partial charge in [0.05, 0.1) is 18.4 Å². The summed E-state index contributed by atoms with van der Waals surface area (Å²) in [7, 11) is 0. The molecule has 3 rings (SSSR count). The number of aromatic nitrogens is 2. The molecule has 90 valence electrons. The average Bonchev–Trinajstić information content (AvgIpc) is 2.90. The Balaban J connectivity index is 1.98. The van der Waals surface area contributed by atoms with Gasteiger partial charge in [0.15, 0.2) is 5.15 Å². The van der Waals surface area contributed by atoms with Crippen LogP contribution in [0.25, 0.3) is 0 Å². The first kappa shape index (κ1) is 10.9. The molecule has 1 aliphatic heterocycles. The quantitative estimate of drug-likeness (QED) is 0.815. The van der Waals surface area contributed by atoms with E-state index in [1.165, 1.54) is 18.5 Å². The maximum Gasteiger partial charge on any atom is 0.150 e. The summed E-state index contributed by atoms with van der Waals surface area (Å²) in [6.07, 6.45) is 4.82. The van der Waals surface area contributed by atoms with E-state index in [1.807, 2.05) is 12.1 Å². The molecule has 2 aromatic rings. The molecule has 1 atom stereocenters. The van der Waals surface area contributed by atoms with Crippen molar-refractivity contribution in [1.82, 2.24) is 9.55 Å². The molecule has 0 aromatic carbocycles. The predicted molar refractivity (Wildman–Crippen MR) is 66.4 cm³/mol. The summed E-state index contributed by atoms with van der Waals surface area (Å²) in [6.45, 7) is 3.24. The summed E-state index contributed by atoms with van der Waals surface area (Å²) in [4.78, 5) is 4.49. The van der Waals surface area contributed by atoms with Gasteiger partial charge in [0.1, 0.15) is 11.6 Å². The smallest absolute Gasteiger partial charge is 0.150 e. The zero-order valence-electron chi connectivity index (χ0n) is 9.82. The van der Waals surface area contributed by atoms with Crippen LogP contribution in [0.3, 0.4) is 0 Å². The number of hydrogen-bond donors (Lipinski definition) is 0. The molecule has 0 fully saturated rings. The lowest BCUT2D eigenvalue weighted by atomic mass is 9.98. The molecule has 2 aromatic heterocycles. The minimum absolute atomic E-state index is 0.508. The van der Waals surface area contributed by atoms with E-state index in [0.717, 1.165) is 24.6 Å². The summed E-state index contributed by atoms with van der Waals surface area (Å²) in [5.41, 5.74) is 1.19. The largest absolute Gasteiger partial charge is 0.469 e. The van der Waals surface area contributed by atoms with Gasteiger partial charge in [-0.15, -0.1) is 0 Å². The van der Waals surface area contributed by atoms with Gasteiger partial charge in [0.25, 0.3) is 0 Å². The Bertz CT molecular complexity index is 516. The van der Waals surface area contributed by atoms with Crippen LogP contribution in [0.2, 0.25) is 5.15 Å². The van der Waals surface area contributed by atoms with Crippen LogP contribution < -0.4 is 0 Å². The van der Waals surface area contributed by atoms with Crippen LogP contribution in [0.15, 0.2) is 22.8 Å². The first-order chi connectivity index (χ1) is 8.25. The fourth-order valence-electron chi connectivity index (χ4n) is 2.60. The van der Waals surface area contributed by atoms with E-state index in [9.17, 15) is 0 Å². The predicted octanol–water partition coefficient (Wildman–Crippen LogP) is 3.62. The molecule has 0 radical (unpaired) electrons. The minimum Gasteiger partial charge on any atom is -0.469 e. The summed E-state index contributed by atoms with van der Waals surface area (Å²) in [6, 6.07) is 3.88. The highest BCUT2D eigenvalue weighted by Gasteiger charge is 2.24. The second kappa shape index (κ2) is 4.22. The fourth-order valence-corrected chi connectivity index (χ4v) is 2.98. The molecular weight excluding hydrogens is 236 g/mol. The van der Waals surface area contributed by atoms with Gasteiger partial charge in [-0.3, -0.25) is 0 Å². The average molecular weight is 251 g/mol. The standard InChI is InChI=1S/C13H15ClN2O/c1-9-4-2-6-16-11(15-13(14)12(9)16)8-10-5-3-7-17-10/h3,5,7,9H,2,4,6,8H2,1H3. The lowest BCUT2D eigenvalue weighted by molar-refractivity contribution is 0.456. The number of hydrogen-bond acceptors (Lipinski definition) is 2. The first-order valence-corrected chi connectivity index (χ1v) is 6.40. The van der Waals surface area contributed by atoms with Gasteiger partial charge in [0, 0.05) is 6.54 Å². The molecule has 0 saturated carbocycles. The number of furan rings is 1. The van der Waals surface area contributed by atoms with Gasteiger partial charge >= 0.3 is 0 Å². The number of rotatable bonds is 2. The van der Waals surface area contributed by atoms with Crippen LogP contribution in [0.4, 0.5) is 0 Å². The van der Waals surface area contributed by atoms with Crippen molar-refractivity contribution in [1.29, 1.82) is 0 Å². The first-order valence-electron chi connectivity index (χ1n) is 6.03. The Hall–Kier alpha value is -1.22. The topological polar surface area (TPSA) is 31.0 Å². The molecule has 0 bridgehead atoms. The molecule has 0 N–H and O–H groups in total. The maximum atomic E-state index is 6.24. The second-order valence-electron chi connectivity index (χ2n) is 4.66. The maximum absolute atomic E-state index is 6.24. The molecule has 3 heterocycles. The van der Waals surface area contributed by atoms with Crippen molar-refractivity contribution in [2.75, 3.05) is 0 Å². The van der Waals surface area contributed by atoms with E-state index in [-0.39, 0.29) is 0 Å². The number of nitrogens with zero attached hydrogens (tertiary/aromatic N) is 2. The molecular formula is C13H15ClN2O. The zero-order valence-corrected chi connectivity index (χ0v) is 10.6. The number of imidazole rings is 1. The monoisotopic (exact) mass is 250 g/mol. The van der Waals surface area contributed by atoms with Crippen molar-refractivity contribution in [3.05, 3.63) is 40.8 Å². The zero-order chi connectivity index (χ0) is 11.8. The van der Waals surface area contributed by atoms with Gasteiger partial charge in [-0.2, -0.15) is 0 Å². The second-order valence-corrected chi connectivity index (χ2v) is 5.01. The van der Waals surface area contributed by atoms with Crippen molar-refractivity contribution >= 4 is 11.6 Å². The lowest BCUT2D eigenvalue weighted by Crippen LogP contribution is -2.15. The van der Waals surface area contributed by atoms with E-state index in [0.29, 0.717) is 11.1 Å². The molecule has 17 heavy (non-hydrogen) atoms. The third-order valence-corrected chi connectivity index (χ3v) is 3.72. The van der Waals surface area contributed by atoms with Crippen LogP contribution in [-0.4, -0.2) is 9.55 Å². The highest BCUT2D eigenvalue weighted by atomic mass is 35.5. The minimum atomic E-state index is 0.508. The summed E-state index contributed by atoms with van der Waals surface area (Å²) in [5, 5.41) is 0.666. The van der Waals surface area contributed by atoms with Crippen molar-refractivity contribution in [2.45, 2.75) is 38.6 Å². The van der Waals surface area contributed by atoms with E-state index in [4.69, 9.17) is 16.0 Å². The Morgan fingerprint density at radius 3 is 3.24 bits per heavy atom. The van der Waals surface area contributed by atoms with Crippen molar-refractivity contribution < 1.29 is 4.42 Å². The summed E-state index contributed by atoms with van der Waals surface area (Å²) in [5.74, 6) is 2.47. The Kier molecular flexibility index (Phi) is 2.71. The van der Waals surface area contributed by atoms with Crippen LogP contribution in [0.5, 0.6) is 0 Å². The van der Waals surface area contributed by atoms with E-state index in [1.54, 1.807) is 6.26 Å². The van der Waals surface area contributed by atoms with E-state index < -0.39 is 0 Å². The third kappa shape index (κ3) is 1.89. The Morgan fingerprint density at radius 2 is 2.47 bits per heavy atom. The molecule has 0 aliphatic carbocycles. The Labute approximate surface area is 105 Å². The molecule has 4 heteroatoms. The van der Waals surface area contributed by atoms with E-state index in [2.05, 4.69) is 16.5 Å². The molecule has 1 unspecified atom stereocenters. The van der Waals surface area contributed by atoms with Crippen LogP contribution in [0.1, 0.15) is 43.0 Å².